The van der Waals surface area contributed by atoms with E-state index in [4.69, 9.17) is 4.74 Å². The predicted molar refractivity (Wildman–Crippen MR) is 84.0 cm³/mol. The molecule has 0 radical (unpaired) electrons. The van der Waals surface area contributed by atoms with Crippen molar-refractivity contribution in [3.63, 3.8) is 0 Å². The van der Waals surface area contributed by atoms with E-state index in [1.807, 2.05) is 0 Å². The number of rotatable bonds is 9. The van der Waals surface area contributed by atoms with Crippen LogP contribution >= 0.6 is 0 Å². The Hall–Kier alpha value is -0.160. The maximum Gasteiger partial charge on any atom is 0.0558 e. The Morgan fingerprint density at radius 2 is 2.05 bits per heavy atom. The van der Waals surface area contributed by atoms with Crippen LogP contribution in [0.5, 0.6) is 0 Å². The molecule has 1 rings (SSSR count). The van der Waals surface area contributed by atoms with Crippen LogP contribution in [0.2, 0.25) is 0 Å². The molecule has 0 aromatic rings. The first kappa shape index (κ1) is 17.9. The molecule has 1 saturated heterocycles. The second-order valence-electron chi connectivity index (χ2n) is 6.97. The lowest BCUT2D eigenvalue weighted by Crippen LogP contribution is -2.51. The Kier molecular flexibility index (Phi) is 8.03. The van der Waals surface area contributed by atoms with Crippen LogP contribution in [0.1, 0.15) is 40.5 Å². The molecule has 1 atom stereocenters. The summed E-state index contributed by atoms with van der Waals surface area (Å²) in [4.78, 5) is 2.38. The number of aliphatic hydroxyl groups is 1. The van der Waals surface area contributed by atoms with Gasteiger partial charge in [0.25, 0.3) is 0 Å². The van der Waals surface area contributed by atoms with E-state index in [1.54, 1.807) is 0 Å². The molecule has 20 heavy (non-hydrogen) atoms. The average Bonchev–Trinajstić information content (AvgIpc) is 2.39. The molecule has 4 nitrogen and oxygen atoms in total. The van der Waals surface area contributed by atoms with Gasteiger partial charge in [-0.15, -0.1) is 0 Å². The average molecular weight is 286 g/mol. The molecule has 1 aliphatic heterocycles. The predicted octanol–water partition coefficient (Wildman–Crippen LogP) is 1.73. The molecule has 4 heteroatoms. The summed E-state index contributed by atoms with van der Waals surface area (Å²) in [6.45, 7) is 14.7. The fraction of sp³-hybridized carbons (Fsp3) is 1.00. The molecule has 0 aromatic heterocycles. The monoisotopic (exact) mass is 286 g/mol. The van der Waals surface area contributed by atoms with E-state index in [2.05, 4.69) is 37.9 Å². The highest BCUT2D eigenvalue weighted by Crippen LogP contribution is 2.29. The Labute approximate surface area is 124 Å². The fourth-order valence-corrected chi connectivity index (χ4v) is 2.94. The molecule has 1 fully saturated rings. The van der Waals surface area contributed by atoms with Crippen molar-refractivity contribution in [2.75, 3.05) is 46.0 Å². The maximum absolute atomic E-state index is 9.26. The van der Waals surface area contributed by atoms with Gasteiger partial charge in [0, 0.05) is 37.7 Å². The van der Waals surface area contributed by atoms with Crippen LogP contribution in [0.3, 0.4) is 0 Å². The number of hydrogen-bond acceptors (Lipinski definition) is 4. The normalized spacial score (nSPS) is 24.0. The zero-order valence-corrected chi connectivity index (χ0v) is 13.8. The van der Waals surface area contributed by atoms with E-state index in [9.17, 15) is 5.11 Å². The number of nitrogens with one attached hydrogen (secondary N) is 1. The Bertz CT molecular complexity index is 251. The number of hydrogen-bond donors (Lipinski definition) is 2. The largest absolute Gasteiger partial charge is 0.395 e. The van der Waals surface area contributed by atoms with Crippen LogP contribution in [0.25, 0.3) is 0 Å². The summed E-state index contributed by atoms with van der Waals surface area (Å²) in [5, 5.41) is 12.9. The minimum Gasteiger partial charge on any atom is -0.395 e. The van der Waals surface area contributed by atoms with Crippen LogP contribution in [-0.2, 0) is 4.74 Å². The van der Waals surface area contributed by atoms with Crippen molar-refractivity contribution in [1.29, 1.82) is 0 Å². The smallest absolute Gasteiger partial charge is 0.0558 e. The van der Waals surface area contributed by atoms with Crippen LogP contribution in [0, 0.1) is 11.3 Å². The second kappa shape index (κ2) is 8.98. The molecule has 1 heterocycles. The standard InChI is InChI=1S/C16H34N2O2/c1-14(2)10-17-11-16(6-5-9-20-13-16)12-18(7-8-19)15(3)4/h14-15,17,19H,5-13H2,1-4H3. The molecular weight excluding hydrogens is 252 g/mol. The van der Waals surface area contributed by atoms with Gasteiger partial charge >= 0.3 is 0 Å². The van der Waals surface area contributed by atoms with Gasteiger partial charge in [-0.1, -0.05) is 13.8 Å². The van der Waals surface area contributed by atoms with Crippen LogP contribution in [0.4, 0.5) is 0 Å². The van der Waals surface area contributed by atoms with Crippen molar-refractivity contribution >= 4 is 0 Å². The van der Waals surface area contributed by atoms with E-state index >= 15 is 0 Å². The molecule has 120 valence electrons. The van der Waals surface area contributed by atoms with Gasteiger partial charge in [-0.2, -0.15) is 0 Å². The van der Waals surface area contributed by atoms with Gasteiger partial charge in [0.1, 0.15) is 0 Å². The van der Waals surface area contributed by atoms with Crippen molar-refractivity contribution < 1.29 is 9.84 Å². The first-order valence-electron chi connectivity index (χ1n) is 8.12. The lowest BCUT2D eigenvalue weighted by molar-refractivity contribution is -0.0331. The third kappa shape index (κ3) is 6.08. The van der Waals surface area contributed by atoms with Crippen LogP contribution in [0.15, 0.2) is 0 Å². The van der Waals surface area contributed by atoms with Gasteiger partial charge in [0.05, 0.1) is 13.2 Å². The van der Waals surface area contributed by atoms with E-state index < -0.39 is 0 Å². The number of aliphatic hydroxyl groups excluding tert-OH is 1. The van der Waals surface area contributed by atoms with Crippen molar-refractivity contribution in [3.8, 4) is 0 Å². The van der Waals surface area contributed by atoms with Gasteiger partial charge in [0.2, 0.25) is 0 Å². The molecular formula is C16H34N2O2. The zero-order valence-electron chi connectivity index (χ0n) is 13.8. The van der Waals surface area contributed by atoms with E-state index in [1.165, 1.54) is 6.42 Å². The van der Waals surface area contributed by atoms with Gasteiger partial charge in [-0.3, -0.25) is 4.90 Å². The van der Waals surface area contributed by atoms with Crippen molar-refractivity contribution in [3.05, 3.63) is 0 Å². The van der Waals surface area contributed by atoms with Crippen molar-refractivity contribution in [2.45, 2.75) is 46.6 Å². The quantitative estimate of drug-likeness (QED) is 0.677. The Morgan fingerprint density at radius 3 is 2.55 bits per heavy atom. The summed E-state index contributed by atoms with van der Waals surface area (Å²) in [6, 6.07) is 0.464. The van der Waals surface area contributed by atoms with E-state index in [0.717, 1.165) is 45.8 Å². The molecule has 1 unspecified atom stereocenters. The molecule has 0 aliphatic carbocycles. The first-order valence-corrected chi connectivity index (χ1v) is 8.12. The number of ether oxygens (including phenoxy) is 1. The van der Waals surface area contributed by atoms with Crippen molar-refractivity contribution in [2.24, 2.45) is 11.3 Å². The van der Waals surface area contributed by atoms with Crippen molar-refractivity contribution in [1.82, 2.24) is 10.2 Å². The SMILES string of the molecule is CC(C)CNCC1(CN(CCO)C(C)C)CCCOC1. The lowest BCUT2D eigenvalue weighted by Gasteiger charge is -2.42. The molecule has 2 N–H and O–H groups in total. The Balaban J connectivity index is 2.61. The zero-order chi connectivity index (χ0) is 15.0. The summed E-state index contributed by atoms with van der Waals surface area (Å²) < 4.78 is 5.77. The maximum atomic E-state index is 9.26. The van der Waals surface area contributed by atoms with E-state index in [-0.39, 0.29) is 12.0 Å². The molecule has 0 amide bonds. The topological polar surface area (TPSA) is 44.7 Å². The minimum absolute atomic E-state index is 0.201. The summed E-state index contributed by atoms with van der Waals surface area (Å²) in [5.74, 6) is 0.676. The molecule has 0 saturated carbocycles. The molecule has 0 aromatic carbocycles. The minimum atomic E-state index is 0.201. The van der Waals surface area contributed by atoms with E-state index in [0.29, 0.717) is 12.0 Å². The third-order valence-corrected chi connectivity index (χ3v) is 4.11. The lowest BCUT2D eigenvalue weighted by atomic mass is 9.81. The summed E-state index contributed by atoms with van der Waals surface area (Å²) in [7, 11) is 0. The van der Waals surface area contributed by atoms with Crippen LogP contribution < -0.4 is 5.32 Å². The third-order valence-electron chi connectivity index (χ3n) is 4.11. The molecule has 1 aliphatic rings. The fourth-order valence-electron chi connectivity index (χ4n) is 2.94. The number of nitrogens with zero attached hydrogens (tertiary/aromatic N) is 1. The molecule has 0 spiro atoms. The molecule has 0 bridgehead atoms. The van der Waals surface area contributed by atoms with Crippen LogP contribution in [-0.4, -0.2) is 62.0 Å². The van der Waals surface area contributed by atoms with Gasteiger partial charge < -0.3 is 15.2 Å². The summed E-state index contributed by atoms with van der Waals surface area (Å²) >= 11 is 0. The van der Waals surface area contributed by atoms with Gasteiger partial charge in [-0.25, -0.2) is 0 Å². The van der Waals surface area contributed by atoms with Gasteiger partial charge in [0.15, 0.2) is 0 Å². The summed E-state index contributed by atoms with van der Waals surface area (Å²) in [6.07, 6.45) is 2.36. The summed E-state index contributed by atoms with van der Waals surface area (Å²) in [5.41, 5.74) is 0.201. The Morgan fingerprint density at radius 1 is 1.30 bits per heavy atom. The second-order valence-corrected chi connectivity index (χ2v) is 6.97. The van der Waals surface area contributed by atoms with Gasteiger partial charge in [-0.05, 0) is 39.2 Å². The highest BCUT2D eigenvalue weighted by Gasteiger charge is 2.35. The highest BCUT2D eigenvalue weighted by molar-refractivity contribution is 4.88. The highest BCUT2D eigenvalue weighted by atomic mass is 16.5. The first-order chi connectivity index (χ1) is 9.49.